The molecule has 1 heterocycles. The average Bonchev–Trinajstić information content (AvgIpc) is 3.53. The first-order chi connectivity index (χ1) is 21.8. The molecule has 0 saturated carbocycles. The average molecular weight is 652 g/mol. The lowest BCUT2D eigenvalue weighted by molar-refractivity contribution is -0.133. The number of anilines is 2. The summed E-state index contributed by atoms with van der Waals surface area (Å²) in [6, 6.07) is 14.4. The second-order valence-electron chi connectivity index (χ2n) is 11.5. The van der Waals surface area contributed by atoms with Crippen molar-refractivity contribution >= 4 is 39.1 Å². The van der Waals surface area contributed by atoms with Crippen LogP contribution in [0.1, 0.15) is 60.3 Å². The van der Waals surface area contributed by atoms with Crippen LogP contribution in [0.15, 0.2) is 65.6 Å². The van der Waals surface area contributed by atoms with Crippen molar-refractivity contribution in [2.24, 2.45) is 5.73 Å². The highest BCUT2D eigenvalue weighted by molar-refractivity contribution is 7.92. The fourth-order valence-electron chi connectivity index (χ4n) is 5.40. The third-order valence-corrected chi connectivity index (χ3v) is 10.2. The van der Waals surface area contributed by atoms with E-state index in [9.17, 15) is 22.8 Å². The first-order valence-corrected chi connectivity index (χ1v) is 16.4. The van der Waals surface area contributed by atoms with Crippen LogP contribution in [-0.2, 0) is 14.6 Å². The lowest BCUT2D eigenvalue weighted by Gasteiger charge is -2.32. The van der Waals surface area contributed by atoms with E-state index >= 15 is 0 Å². The minimum Gasteiger partial charge on any atom is -0.493 e. The van der Waals surface area contributed by atoms with E-state index in [-0.39, 0.29) is 22.4 Å². The summed E-state index contributed by atoms with van der Waals surface area (Å²) in [5.41, 5.74) is 7.66. The molecule has 0 radical (unpaired) electrons. The molecule has 46 heavy (non-hydrogen) atoms. The number of primary amides is 1. The van der Waals surface area contributed by atoms with E-state index in [0.717, 1.165) is 0 Å². The number of hydrogen-bond acceptors (Lipinski definition) is 8. The van der Waals surface area contributed by atoms with Gasteiger partial charge in [-0.3, -0.25) is 9.59 Å². The highest BCUT2D eigenvalue weighted by atomic mass is 32.2. The molecule has 0 aliphatic carbocycles. The van der Waals surface area contributed by atoms with Crippen LogP contribution in [0.5, 0.6) is 11.5 Å². The SMILES string of the molecule is COc1ccc([C@@H](Nc2cccc(C(N)=O)c2)C(=O)N2CCC[C@@H]2c2cc(NC(=O)N(C)C)ccc2S(=O)(=O)C(C)C)cc1OC. The van der Waals surface area contributed by atoms with Crippen molar-refractivity contribution in [1.82, 2.24) is 9.80 Å². The number of hydrogen-bond donors (Lipinski definition) is 3. The Bertz CT molecular complexity index is 1720. The molecule has 13 heteroatoms. The number of likely N-dealkylation sites (tertiary alicyclic amines) is 1. The Morgan fingerprint density at radius 2 is 1.67 bits per heavy atom. The summed E-state index contributed by atoms with van der Waals surface area (Å²) in [5, 5.41) is 5.34. The van der Waals surface area contributed by atoms with Gasteiger partial charge < -0.3 is 35.6 Å². The first kappa shape index (κ1) is 34.1. The van der Waals surface area contributed by atoms with Gasteiger partial charge in [0.2, 0.25) is 11.8 Å². The zero-order chi connectivity index (χ0) is 33.8. The van der Waals surface area contributed by atoms with Crippen LogP contribution >= 0.6 is 0 Å². The number of ether oxygens (including phenoxy) is 2. The van der Waals surface area contributed by atoms with Crippen molar-refractivity contribution in [2.75, 3.05) is 45.5 Å². The number of carbonyl (C=O) groups is 3. The Balaban J connectivity index is 1.82. The van der Waals surface area contributed by atoms with Gasteiger partial charge in [-0.15, -0.1) is 0 Å². The maximum atomic E-state index is 14.6. The van der Waals surface area contributed by atoms with E-state index in [1.807, 2.05) is 0 Å². The molecule has 12 nitrogen and oxygen atoms in total. The number of sulfone groups is 1. The molecule has 1 aliphatic rings. The van der Waals surface area contributed by atoms with Crippen LogP contribution in [-0.4, -0.2) is 76.2 Å². The minimum absolute atomic E-state index is 0.111. The van der Waals surface area contributed by atoms with E-state index in [0.29, 0.717) is 53.4 Å². The Morgan fingerprint density at radius 1 is 0.957 bits per heavy atom. The second-order valence-corrected chi connectivity index (χ2v) is 14.0. The van der Waals surface area contributed by atoms with E-state index in [1.165, 1.54) is 25.2 Å². The maximum Gasteiger partial charge on any atom is 0.321 e. The first-order valence-electron chi connectivity index (χ1n) is 14.8. The Labute approximate surface area is 269 Å². The lowest BCUT2D eigenvalue weighted by Crippen LogP contribution is -2.38. The predicted molar refractivity (Wildman–Crippen MR) is 176 cm³/mol. The quantitative estimate of drug-likeness (QED) is 0.271. The van der Waals surface area contributed by atoms with E-state index in [2.05, 4.69) is 10.6 Å². The fourth-order valence-corrected chi connectivity index (χ4v) is 6.69. The third kappa shape index (κ3) is 7.20. The summed E-state index contributed by atoms with van der Waals surface area (Å²) < 4.78 is 38.1. The molecule has 0 bridgehead atoms. The number of urea groups is 1. The van der Waals surface area contributed by atoms with Gasteiger partial charge in [0.1, 0.15) is 6.04 Å². The molecule has 0 spiro atoms. The third-order valence-electron chi connectivity index (χ3n) is 7.94. The van der Waals surface area contributed by atoms with E-state index in [4.69, 9.17) is 15.2 Å². The molecule has 0 aromatic heterocycles. The van der Waals surface area contributed by atoms with Crippen molar-refractivity contribution in [2.45, 2.75) is 48.9 Å². The standard InChI is InChI=1S/C33H41N5O7S/c1-20(2)46(42,43)29-15-13-24(36-33(41)37(3)4)19-25(29)26-11-8-16-38(26)32(40)30(21-12-14-27(44-5)28(18-21)45-6)35-23-10-7-9-22(17-23)31(34)39/h7,9-10,12-15,17-20,26,30,35H,8,11,16H2,1-6H3,(H2,34,39)(H,36,41)/t26-,30-/m1/s1. The summed E-state index contributed by atoms with van der Waals surface area (Å²) in [4.78, 5) is 42.2. The Kier molecular flexibility index (Phi) is 10.5. The van der Waals surface area contributed by atoms with Crippen molar-refractivity contribution in [3.05, 3.63) is 77.4 Å². The number of amides is 4. The highest BCUT2D eigenvalue weighted by Gasteiger charge is 2.38. The Hall–Kier alpha value is -4.78. The number of nitrogens with zero attached hydrogens (tertiary/aromatic N) is 2. The normalized spacial score (nSPS) is 15.3. The zero-order valence-electron chi connectivity index (χ0n) is 26.9. The highest BCUT2D eigenvalue weighted by Crippen LogP contribution is 2.41. The minimum atomic E-state index is -3.76. The summed E-state index contributed by atoms with van der Waals surface area (Å²) in [7, 11) is 2.46. The van der Waals surface area contributed by atoms with Gasteiger partial charge in [0, 0.05) is 37.6 Å². The molecular formula is C33H41N5O7S. The van der Waals surface area contributed by atoms with Gasteiger partial charge in [0.25, 0.3) is 0 Å². The van der Waals surface area contributed by atoms with Gasteiger partial charge in [0.05, 0.1) is 30.4 Å². The molecule has 4 N–H and O–H groups in total. The van der Waals surface area contributed by atoms with Crippen molar-refractivity contribution < 1.29 is 32.3 Å². The smallest absolute Gasteiger partial charge is 0.321 e. The molecule has 0 unspecified atom stereocenters. The van der Waals surface area contributed by atoms with Gasteiger partial charge >= 0.3 is 6.03 Å². The van der Waals surface area contributed by atoms with Crippen LogP contribution in [0, 0.1) is 0 Å². The van der Waals surface area contributed by atoms with Gasteiger partial charge in [0.15, 0.2) is 21.3 Å². The molecule has 4 amide bonds. The van der Waals surface area contributed by atoms with E-state index in [1.54, 1.807) is 87.4 Å². The summed E-state index contributed by atoms with van der Waals surface area (Å²) in [6.07, 6.45) is 1.13. The zero-order valence-corrected chi connectivity index (χ0v) is 27.7. The summed E-state index contributed by atoms with van der Waals surface area (Å²) in [5.74, 6) is -0.0438. The maximum absolute atomic E-state index is 14.6. The summed E-state index contributed by atoms with van der Waals surface area (Å²) in [6.45, 7) is 3.58. The van der Waals surface area contributed by atoms with Crippen molar-refractivity contribution in [1.29, 1.82) is 0 Å². The van der Waals surface area contributed by atoms with Crippen LogP contribution < -0.4 is 25.8 Å². The number of methoxy groups -OCH3 is 2. The molecule has 246 valence electrons. The monoisotopic (exact) mass is 651 g/mol. The van der Waals surface area contributed by atoms with Crippen LogP contribution in [0.2, 0.25) is 0 Å². The fraction of sp³-hybridized carbons (Fsp3) is 0.364. The number of carbonyl (C=O) groups excluding carboxylic acids is 3. The molecular weight excluding hydrogens is 610 g/mol. The predicted octanol–water partition coefficient (Wildman–Crippen LogP) is 4.60. The second kappa shape index (κ2) is 14.1. The van der Waals surface area contributed by atoms with E-state index < -0.39 is 33.1 Å². The molecule has 1 fully saturated rings. The Morgan fingerprint density at radius 3 is 2.30 bits per heavy atom. The number of rotatable bonds is 11. The number of benzene rings is 3. The molecule has 3 aromatic carbocycles. The topological polar surface area (TPSA) is 160 Å². The largest absolute Gasteiger partial charge is 0.493 e. The van der Waals surface area contributed by atoms with Crippen LogP contribution in [0.25, 0.3) is 0 Å². The number of nitrogens with one attached hydrogen (secondary N) is 2. The van der Waals surface area contributed by atoms with Gasteiger partial charge in [-0.1, -0.05) is 12.1 Å². The molecule has 2 atom stereocenters. The number of nitrogens with two attached hydrogens (primary N) is 1. The molecule has 3 aromatic rings. The van der Waals surface area contributed by atoms with Crippen LogP contribution in [0.3, 0.4) is 0 Å². The molecule has 4 rings (SSSR count). The molecule has 1 saturated heterocycles. The molecule has 1 aliphatic heterocycles. The lowest BCUT2D eigenvalue weighted by atomic mass is 10.0. The summed E-state index contributed by atoms with van der Waals surface area (Å²) >= 11 is 0. The van der Waals surface area contributed by atoms with Crippen molar-refractivity contribution in [3.8, 4) is 11.5 Å². The van der Waals surface area contributed by atoms with Crippen LogP contribution in [0.4, 0.5) is 16.2 Å². The van der Waals surface area contributed by atoms with Gasteiger partial charge in [-0.05, 0) is 86.3 Å². The van der Waals surface area contributed by atoms with Gasteiger partial charge in [-0.25, -0.2) is 13.2 Å². The van der Waals surface area contributed by atoms with Gasteiger partial charge in [-0.2, -0.15) is 0 Å². The van der Waals surface area contributed by atoms with Crippen molar-refractivity contribution in [3.63, 3.8) is 0 Å².